The standard InChI is InChI=1S/C8H10F3NO2/c1-7(14,8(9,10)11)5-3-2-4-6(12)13/h14H,2,4H2,1H3,(H2,12,13). The van der Waals surface area contributed by atoms with Crippen LogP contribution in [-0.4, -0.2) is 22.8 Å². The molecular formula is C8H10F3NO2. The third-order valence-electron chi connectivity index (χ3n) is 1.38. The van der Waals surface area contributed by atoms with Crippen molar-refractivity contribution in [2.45, 2.75) is 31.5 Å². The van der Waals surface area contributed by atoms with E-state index in [1.807, 2.05) is 5.92 Å². The molecule has 0 aliphatic heterocycles. The van der Waals surface area contributed by atoms with Crippen LogP contribution in [0.5, 0.6) is 0 Å². The van der Waals surface area contributed by atoms with Gasteiger partial charge in [0.2, 0.25) is 11.5 Å². The lowest BCUT2D eigenvalue weighted by molar-refractivity contribution is -0.228. The van der Waals surface area contributed by atoms with Gasteiger partial charge in [-0.05, 0) is 6.92 Å². The lowest BCUT2D eigenvalue weighted by Gasteiger charge is -2.19. The molecule has 1 atom stereocenters. The van der Waals surface area contributed by atoms with E-state index >= 15 is 0 Å². The number of alkyl halides is 3. The minimum Gasteiger partial charge on any atom is -0.370 e. The molecule has 0 saturated heterocycles. The van der Waals surface area contributed by atoms with Crippen LogP contribution in [0.15, 0.2) is 0 Å². The van der Waals surface area contributed by atoms with Crippen LogP contribution in [0, 0.1) is 11.8 Å². The van der Waals surface area contributed by atoms with Crippen LogP contribution in [-0.2, 0) is 4.79 Å². The Morgan fingerprint density at radius 1 is 1.50 bits per heavy atom. The summed E-state index contributed by atoms with van der Waals surface area (Å²) in [6.07, 6.45) is -5.02. The van der Waals surface area contributed by atoms with Crippen molar-refractivity contribution in [2.24, 2.45) is 5.73 Å². The molecule has 14 heavy (non-hydrogen) atoms. The second-order valence-corrected chi connectivity index (χ2v) is 2.84. The van der Waals surface area contributed by atoms with Crippen LogP contribution in [0.2, 0.25) is 0 Å². The normalized spacial score (nSPS) is 15.2. The molecule has 0 spiro atoms. The molecule has 80 valence electrons. The van der Waals surface area contributed by atoms with E-state index in [0.717, 1.165) is 0 Å². The molecule has 0 fully saturated rings. The van der Waals surface area contributed by atoms with Gasteiger partial charge < -0.3 is 10.8 Å². The summed E-state index contributed by atoms with van der Waals surface area (Å²) >= 11 is 0. The molecule has 3 nitrogen and oxygen atoms in total. The summed E-state index contributed by atoms with van der Waals surface area (Å²) in [5.41, 5.74) is 1.70. The van der Waals surface area contributed by atoms with Gasteiger partial charge in [-0.3, -0.25) is 4.79 Å². The number of hydrogen-bond acceptors (Lipinski definition) is 2. The third kappa shape index (κ3) is 4.14. The molecule has 0 heterocycles. The van der Waals surface area contributed by atoms with Crippen LogP contribution in [0.1, 0.15) is 19.8 Å². The number of hydrogen-bond donors (Lipinski definition) is 2. The number of halogens is 3. The molecule has 0 bridgehead atoms. The van der Waals surface area contributed by atoms with Gasteiger partial charge in [-0.2, -0.15) is 13.2 Å². The molecule has 0 rings (SSSR count). The third-order valence-corrected chi connectivity index (χ3v) is 1.38. The number of nitrogens with two attached hydrogens (primary N) is 1. The molecule has 0 aliphatic carbocycles. The van der Waals surface area contributed by atoms with E-state index in [1.54, 1.807) is 5.92 Å². The summed E-state index contributed by atoms with van der Waals surface area (Å²) < 4.78 is 35.9. The van der Waals surface area contributed by atoms with Gasteiger partial charge in [0.1, 0.15) is 0 Å². The molecule has 1 unspecified atom stereocenters. The zero-order valence-corrected chi connectivity index (χ0v) is 7.48. The maximum Gasteiger partial charge on any atom is 0.428 e. The first kappa shape index (κ1) is 12.8. The van der Waals surface area contributed by atoms with Crippen molar-refractivity contribution in [1.29, 1.82) is 0 Å². The highest BCUT2D eigenvalue weighted by molar-refractivity contribution is 5.73. The number of carbonyl (C=O) groups is 1. The van der Waals surface area contributed by atoms with Gasteiger partial charge in [-0.15, -0.1) is 0 Å². The fraction of sp³-hybridized carbons (Fsp3) is 0.625. The summed E-state index contributed by atoms with van der Waals surface area (Å²) in [6, 6.07) is 0. The van der Waals surface area contributed by atoms with Crippen LogP contribution in [0.3, 0.4) is 0 Å². The molecular weight excluding hydrogens is 199 g/mol. The van der Waals surface area contributed by atoms with Crippen molar-refractivity contribution in [2.75, 3.05) is 0 Å². The molecule has 0 aliphatic rings. The summed E-state index contributed by atoms with van der Waals surface area (Å²) in [6.45, 7) is 0.546. The van der Waals surface area contributed by atoms with Crippen molar-refractivity contribution in [1.82, 2.24) is 0 Å². The van der Waals surface area contributed by atoms with E-state index in [9.17, 15) is 18.0 Å². The van der Waals surface area contributed by atoms with Crippen molar-refractivity contribution in [3.05, 3.63) is 0 Å². The Bertz CT molecular complexity index is 273. The highest BCUT2D eigenvalue weighted by Crippen LogP contribution is 2.29. The first-order chi connectivity index (χ1) is 6.17. The van der Waals surface area contributed by atoms with E-state index in [0.29, 0.717) is 6.92 Å². The molecule has 0 radical (unpaired) electrons. The van der Waals surface area contributed by atoms with Gasteiger partial charge in [0.25, 0.3) is 0 Å². The summed E-state index contributed by atoms with van der Waals surface area (Å²) in [4.78, 5) is 10.2. The second kappa shape index (κ2) is 4.33. The molecule has 0 aromatic rings. The smallest absolute Gasteiger partial charge is 0.370 e. The Labute approximate surface area is 79.1 Å². The molecule has 6 heteroatoms. The van der Waals surface area contributed by atoms with Crippen LogP contribution < -0.4 is 5.73 Å². The summed E-state index contributed by atoms with van der Waals surface area (Å²) in [5.74, 6) is 3.02. The quantitative estimate of drug-likeness (QED) is 0.653. The van der Waals surface area contributed by atoms with Gasteiger partial charge in [0.05, 0.1) is 0 Å². The maximum atomic E-state index is 12.0. The first-order valence-corrected chi connectivity index (χ1v) is 3.74. The van der Waals surface area contributed by atoms with E-state index in [-0.39, 0.29) is 12.8 Å². The minimum absolute atomic E-state index is 0.0957. The van der Waals surface area contributed by atoms with Crippen molar-refractivity contribution in [3.63, 3.8) is 0 Å². The summed E-state index contributed by atoms with van der Waals surface area (Å²) in [7, 11) is 0. The second-order valence-electron chi connectivity index (χ2n) is 2.84. The topological polar surface area (TPSA) is 63.3 Å². The Morgan fingerprint density at radius 2 is 2.00 bits per heavy atom. The predicted molar refractivity (Wildman–Crippen MR) is 42.9 cm³/mol. The molecule has 1 amide bonds. The average molecular weight is 209 g/mol. The molecule has 3 N–H and O–H groups in total. The fourth-order valence-corrected chi connectivity index (χ4v) is 0.491. The van der Waals surface area contributed by atoms with Gasteiger partial charge in [0.15, 0.2) is 0 Å². The zero-order valence-electron chi connectivity index (χ0n) is 7.48. The lowest BCUT2D eigenvalue weighted by Crippen LogP contribution is -2.40. The Balaban J connectivity index is 4.28. The van der Waals surface area contributed by atoms with Gasteiger partial charge in [-0.1, -0.05) is 11.8 Å². The molecule has 0 aromatic carbocycles. The van der Waals surface area contributed by atoms with E-state index < -0.39 is 17.7 Å². The molecule has 0 aromatic heterocycles. The van der Waals surface area contributed by atoms with E-state index in [1.165, 1.54) is 0 Å². The number of amides is 1. The number of aliphatic hydroxyl groups is 1. The monoisotopic (exact) mass is 209 g/mol. The SMILES string of the molecule is CC(O)(C#CCCC(N)=O)C(F)(F)F. The highest BCUT2D eigenvalue weighted by Gasteiger charge is 2.48. The van der Waals surface area contributed by atoms with Crippen LogP contribution in [0.25, 0.3) is 0 Å². The summed E-state index contributed by atoms with van der Waals surface area (Å²) in [5, 5.41) is 8.80. The number of carbonyl (C=O) groups excluding carboxylic acids is 1. The largest absolute Gasteiger partial charge is 0.428 e. The molecule has 0 saturated carbocycles. The Hall–Kier alpha value is -1.22. The predicted octanol–water partition coefficient (Wildman–Crippen LogP) is 0.569. The van der Waals surface area contributed by atoms with Gasteiger partial charge >= 0.3 is 6.18 Å². The number of rotatable bonds is 2. The average Bonchev–Trinajstić information content (AvgIpc) is 1.95. The van der Waals surface area contributed by atoms with E-state index in [2.05, 4.69) is 0 Å². The lowest BCUT2D eigenvalue weighted by atomic mass is 10.1. The van der Waals surface area contributed by atoms with Crippen molar-refractivity contribution >= 4 is 5.91 Å². The maximum absolute atomic E-state index is 12.0. The Kier molecular flexibility index (Phi) is 3.95. The number of primary amides is 1. The van der Waals surface area contributed by atoms with E-state index in [4.69, 9.17) is 10.8 Å². The van der Waals surface area contributed by atoms with Crippen molar-refractivity contribution in [3.8, 4) is 11.8 Å². The van der Waals surface area contributed by atoms with Crippen molar-refractivity contribution < 1.29 is 23.1 Å². The van der Waals surface area contributed by atoms with Gasteiger partial charge in [0, 0.05) is 12.8 Å². The van der Waals surface area contributed by atoms with Gasteiger partial charge in [-0.25, -0.2) is 0 Å². The zero-order chi connectivity index (χ0) is 11.4. The first-order valence-electron chi connectivity index (χ1n) is 3.74. The minimum atomic E-state index is -4.80. The highest BCUT2D eigenvalue weighted by atomic mass is 19.4. The fourth-order valence-electron chi connectivity index (χ4n) is 0.491. The van der Waals surface area contributed by atoms with Crippen LogP contribution >= 0.6 is 0 Å². The Morgan fingerprint density at radius 3 is 2.36 bits per heavy atom. The van der Waals surface area contributed by atoms with Crippen LogP contribution in [0.4, 0.5) is 13.2 Å².